The van der Waals surface area contributed by atoms with Crippen LogP contribution in [0.5, 0.6) is 0 Å². The number of aromatic nitrogens is 2. The zero-order valence-corrected chi connectivity index (χ0v) is 12.7. The molecule has 1 aliphatic rings. The second kappa shape index (κ2) is 5.09. The van der Waals surface area contributed by atoms with E-state index in [4.69, 9.17) is 0 Å². The Hall–Kier alpha value is -2.42. The summed E-state index contributed by atoms with van der Waals surface area (Å²) in [4.78, 5) is 8.80. The zero-order chi connectivity index (χ0) is 15.0. The summed E-state index contributed by atoms with van der Waals surface area (Å²) in [5.74, 6) is 0.941. The molecule has 22 heavy (non-hydrogen) atoms. The van der Waals surface area contributed by atoms with E-state index in [1.54, 1.807) is 6.33 Å². The van der Waals surface area contributed by atoms with Crippen molar-refractivity contribution in [1.29, 1.82) is 0 Å². The highest BCUT2D eigenvalue weighted by Crippen LogP contribution is 2.48. The first kappa shape index (κ1) is 13.3. The van der Waals surface area contributed by atoms with Gasteiger partial charge in [-0.15, -0.1) is 0 Å². The Morgan fingerprint density at radius 1 is 1.05 bits per heavy atom. The van der Waals surface area contributed by atoms with E-state index in [1.165, 1.54) is 24.0 Å². The lowest BCUT2D eigenvalue weighted by Gasteiger charge is -2.17. The number of benzene rings is 2. The highest BCUT2D eigenvalue weighted by molar-refractivity contribution is 5.89. The van der Waals surface area contributed by atoms with Crippen molar-refractivity contribution in [2.45, 2.75) is 25.2 Å². The fraction of sp³-hybridized carbons (Fsp3) is 0.263. The summed E-state index contributed by atoms with van der Waals surface area (Å²) in [6.45, 7) is 3.03. The van der Waals surface area contributed by atoms with E-state index in [-0.39, 0.29) is 5.41 Å². The molecule has 2 aromatic carbocycles. The molecule has 0 unspecified atom stereocenters. The highest BCUT2D eigenvalue weighted by Gasteiger charge is 2.43. The second-order valence-corrected chi connectivity index (χ2v) is 6.24. The SMILES string of the molecule is Cc1ccc2ncnc(NCC3(c4ccccc4)CC3)c2c1. The molecule has 1 heterocycles. The fourth-order valence-electron chi connectivity index (χ4n) is 3.07. The van der Waals surface area contributed by atoms with E-state index in [9.17, 15) is 0 Å². The molecule has 0 radical (unpaired) electrons. The molecule has 110 valence electrons. The van der Waals surface area contributed by atoms with Crippen LogP contribution in [0.15, 0.2) is 54.9 Å². The van der Waals surface area contributed by atoms with E-state index in [1.807, 2.05) is 0 Å². The minimum Gasteiger partial charge on any atom is -0.369 e. The highest BCUT2D eigenvalue weighted by atomic mass is 15.0. The van der Waals surface area contributed by atoms with Gasteiger partial charge in [0.1, 0.15) is 12.1 Å². The Kier molecular flexibility index (Phi) is 3.07. The lowest BCUT2D eigenvalue weighted by molar-refractivity contribution is 0.731. The molecule has 1 saturated carbocycles. The Balaban J connectivity index is 1.61. The minimum absolute atomic E-state index is 0.280. The van der Waals surface area contributed by atoms with Gasteiger partial charge in [-0.1, -0.05) is 42.0 Å². The lowest BCUT2D eigenvalue weighted by atomic mass is 9.96. The third kappa shape index (κ3) is 2.33. The molecule has 0 aliphatic heterocycles. The fourth-order valence-corrected chi connectivity index (χ4v) is 3.07. The van der Waals surface area contributed by atoms with Crippen LogP contribution in [0.1, 0.15) is 24.0 Å². The third-order valence-corrected chi connectivity index (χ3v) is 4.62. The molecule has 1 fully saturated rings. The van der Waals surface area contributed by atoms with Crippen LogP contribution in [-0.2, 0) is 5.41 Å². The summed E-state index contributed by atoms with van der Waals surface area (Å²) in [5.41, 5.74) is 3.93. The first-order valence-corrected chi connectivity index (χ1v) is 7.78. The molecule has 0 saturated heterocycles. The average molecular weight is 289 g/mol. The number of hydrogen-bond acceptors (Lipinski definition) is 3. The van der Waals surface area contributed by atoms with Crippen LogP contribution >= 0.6 is 0 Å². The predicted octanol–water partition coefficient (Wildman–Crippen LogP) is 4.08. The molecule has 0 amide bonds. The van der Waals surface area contributed by atoms with Crippen molar-refractivity contribution in [1.82, 2.24) is 9.97 Å². The van der Waals surface area contributed by atoms with E-state index in [0.29, 0.717) is 0 Å². The summed E-state index contributed by atoms with van der Waals surface area (Å²) in [6.07, 6.45) is 4.13. The topological polar surface area (TPSA) is 37.8 Å². The summed E-state index contributed by atoms with van der Waals surface area (Å²) >= 11 is 0. The van der Waals surface area contributed by atoms with Gasteiger partial charge >= 0.3 is 0 Å². The van der Waals surface area contributed by atoms with Crippen molar-refractivity contribution < 1.29 is 0 Å². The molecule has 3 heteroatoms. The predicted molar refractivity (Wildman–Crippen MR) is 90.1 cm³/mol. The molecule has 0 bridgehead atoms. The lowest BCUT2D eigenvalue weighted by Crippen LogP contribution is -2.20. The molecule has 0 spiro atoms. The Morgan fingerprint density at radius 3 is 2.64 bits per heavy atom. The van der Waals surface area contributed by atoms with Crippen LogP contribution in [0.4, 0.5) is 5.82 Å². The number of aryl methyl sites for hydroxylation is 1. The first-order valence-electron chi connectivity index (χ1n) is 7.78. The van der Waals surface area contributed by atoms with Gasteiger partial charge in [0.05, 0.1) is 5.52 Å². The van der Waals surface area contributed by atoms with Gasteiger partial charge in [-0.3, -0.25) is 0 Å². The van der Waals surface area contributed by atoms with E-state index >= 15 is 0 Å². The van der Waals surface area contributed by atoms with Gasteiger partial charge in [0, 0.05) is 17.3 Å². The number of rotatable bonds is 4. The van der Waals surface area contributed by atoms with Crippen molar-refractivity contribution in [3.63, 3.8) is 0 Å². The maximum absolute atomic E-state index is 4.45. The molecule has 3 nitrogen and oxygen atoms in total. The van der Waals surface area contributed by atoms with Gasteiger partial charge in [0.15, 0.2) is 0 Å². The van der Waals surface area contributed by atoms with Gasteiger partial charge in [-0.25, -0.2) is 9.97 Å². The van der Waals surface area contributed by atoms with Crippen molar-refractivity contribution in [2.75, 3.05) is 11.9 Å². The normalized spacial score (nSPS) is 15.7. The average Bonchev–Trinajstić information content (AvgIpc) is 3.35. The van der Waals surface area contributed by atoms with Crippen molar-refractivity contribution in [3.8, 4) is 0 Å². The largest absolute Gasteiger partial charge is 0.369 e. The molecule has 1 aromatic heterocycles. The van der Waals surface area contributed by atoms with Crippen LogP contribution in [-0.4, -0.2) is 16.5 Å². The minimum atomic E-state index is 0.280. The zero-order valence-electron chi connectivity index (χ0n) is 12.7. The van der Waals surface area contributed by atoms with Gasteiger partial charge in [0.2, 0.25) is 0 Å². The summed E-state index contributed by atoms with van der Waals surface area (Å²) in [6, 6.07) is 17.1. The Labute approximate surface area is 130 Å². The van der Waals surface area contributed by atoms with Crippen LogP contribution < -0.4 is 5.32 Å². The Bertz CT molecular complexity index is 807. The van der Waals surface area contributed by atoms with Crippen LogP contribution in [0, 0.1) is 6.92 Å². The molecule has 4 rings (SSSR count). The van der Waals surface area contributed by atoms with Crippen LogP contribution in [0.3, 0.4) is 0 Å². The summed E-state index contributed by atoms with van der Waals surface area (Å²) in [7, 11) is 0. The van der Waals surface area contributed by atoms with Gasteiger partial charge in [0.25, 0.3) is 0 Å². The van der Waals surface area contributed by atoms with E-state index < -0.39 is 0 Å². The van der Waals surface area contributed by atoms with E-state index in [0.717, 1.165) is 23.3 Å². The quantitative estimate of drug-likeness (QED) is 0.786. The molecule has 1 N–H and O–H groups in total. The maximum atomic E-state index is 4.45. The maximum Gasteiger partial charge on any atom is 0.137 e. The smallest absolute Gasteiger partial charge is 0.137 e. The number of nitrogens with one attached hydrogen (secondary N) is 1. The first-order chi connectivity index (χ1) is 10.8. The van der Waals surface area contributed by atoms with Crippen molar-refractivity contribution in [3.05, 3.63) is 66.0 Å². The number of anilines is 1. The summed E-state index contributed by atoms with van der Waals surface area (Å²) < 4.78 is 0. The van der Waals surface area contributed by atoms with Gasteiger partial charge < -0.3 is 5.32 Å². The van der Waals surface area contributed by atoms with E-state index in [2.05, 4.69) is 70.7 Å². The molecular formula is C19H19N3. The number of hydrogen-bond donors (Lipinski definition) is 1. The summed E-state index contributed by atoms with van der Waals surface area (Å²) in [5, 5.41) is 4.67. The Morgan fingerprint density at radius 2 is 1.86 bits per heavy atom. The van der Waals surface area contributed by atoms with Crippen molar-refractivity contribution in [2.24, 2.45) is 0 Å². The van der Waals surface area contributed by atoms with Crippen LogP contribution in [0.25, 0.3) is 10.9 Å². The van der Waals surface area contributed by atoms with Crippen molar-refractivity contribution >= 4 is 16.7 Å². The standard InChI is InChI=1S/C19H19N3/c1-14-7-8-17-16(11-14)18(22-13-21-17)20-12-19(9-10-19)15-5-3-2-4-6-15/h2-8,11,13H,9-10,12H2,1H3,(H,20,21,22). The third-order valence-electron chi connectivity index (χ3n) is 4.62. The van der Waals surface area contributed by atoms with Gasteiger partial charge in [-0.05, 0) is 37.5 Å². The van der Waals surface area contributed by atoms with Crippen LogP contribution in [0.2, 0.25) is 0 Å². The molecular weight excluding hydrogens is 270 g/mol. The molecule has 0 atom stereocenters. The molecule has 3 aromatic rings. The van der Waals surface area contributed by atoms with Gasteiger partial charge in [-0.2, -0.15) is 0 Å². The molecule has 1 aliphatic carbocycles. The number of fused-ring (bicyclic) bond motifs is 1. The number of nitrogens with zero attached hydrogens (tertiary/aromatic N) is 2. The second-order valence-electron chi connectivity index (χ2n) is 6.24. The monoisotopic (exact) mass is 289 g/mol.